The van der Waals surface area contributed by atoms with Crippen molar-refractivity contribution >= 4 is 22.8 Å². The summed E-state index contributed by atoms with van der Waals surface area (Å²) < 4.78 is 5.46. The first-order chi connectivity index (χ1) is 12.7. The van der Waals surface area contributed by atoms with Crippen LogP contribution >= 0.6 is 0 Å². The number of nitrogens with zero attached hydrogens (tertiary/aromatic N) is 3. The highest BCUT2D eigenvalue weighted by molar-refractivity contribution is 6.07. The third-order valence-corrected chi connectivity index (χ3v) is 5.87. The van der Waals surface area contributed by atoms with E-state index >= 15 is 0 Å². The third kappa shape index (κ3) is 2.67. The van der Waals surface area contributed by atoms with Crippen LogP contribution in [0.4, 0.5) is 0 Å². The standard InChI is InChI=1S/C19H22N4O3/c24-18(21-13-6-12-2-5-22(9-12)10-13)16-7-14-15(11-26-17(14)8-20-16)19(25)23-3-1-4-23/h7-8,11-13H,1-6,9-10H2,(H,21,24)/t12-,13-/m1/s1. The molecule has 0 aromatic carbocycles. The van der Waals surface area contributed by atoms with Crippen molar-refractivity contribution in [3.05, 3.63) is 29.8 Å². The van der Waals surface area contributed by atoms with Gasteiger partial charge in [-0.15, -0.1) is 0 Å². The van der Waals surface area contributed by atoms with Crippen LogP contribution in [0.25, 0.3) is 11.0 Å². The van der Waals surface area contributed by atoms with Crippen molar-refractivity contribution in [2.24, 2.45) is 5.92 Å². The molecule has 2 bridgehead atoms. The van der Waals surface area contributed by atoms with Gasteiger partial charge >= 0.3 is 0 Å². The van der Waals surface area contributed by atoms with Crippen molar-refractivity contribution in [3.63, 3.8) is 0 Å². The van der Waals surface area contributed by atoms with Crippen molar-refractivity contribution < 1.29 is 14.0 Å². The molecular weight excluding hydrogens is 332 g/mol. The number of nitrogens with one attached hydrogen (secondary N) is 1. The lowest BCUT2D eigenvalue weighted by molar-refractivity contribution is 0.0652. The van der Waals surface area contributed by atoms with Crippen LogP contribution in [-0.4, -0.2) is 65.4 Å². The minimum Gasteiger partial charge on any atom is -0.462 e. The van der Waals surface area contributed by atoms with Gasteiger partial charge in [-0.2, -0.15) is 0 Å². The molecule has 3 fully saturated rings. The molecule has 3 saturated heterocycles. The molecule has 7 nitrogen and oxygen atoms in total. The van der Waals surface area contributed by atoms with Gasteiger partial charge in [0.05, 0.1) is 11.8 Å². The Hall–Kier alpha value is -2.41. The molecule has 3 aliphatic rings. The van der Waals surface area contributed by atoms with E-state index in [4.69, 9.17) is 4.42 Å². The van der Waals surface area contributed by atoms with Crippen LogP contribution in [0.15, 0.2) is 22.9 Å². The zero-order chi connectivity index (χ0) is 17.7. The van der Waals surface area contributed by atoms with Gasteiger partial charge in [0.2, 0.25) is 0 Å². The molecule has 1 unspecified atom stereocenters. The lowest BCUT2D eigenvalue weighted by atomic mass is 9.97. The van der Waals surface area contributed by atoms with Crippen molar-refractivity contribution in [2.45, 2.75) is 25.3 Å². The normalized spacial score (nSPS) is 27.4. The Bertz CT molecular complexity index is 861. The van der Waals surface area contributed by atoms with E-state index in [1.807, 2.05) is 0 Å². The summed E-state index contributed by atoms with van der Waals surface area (Å²) in [6.45, 7) is 4.77. The van der Waals surface area contributed by atoms with Gasteiger partial charge < -0.3 is 19.5 Å². The van der Waals surface area contributed by atoms with Crippen molar-refractivity contribution in [2.75, 3.05) is 32.7 Å². The predicted molar refractivity (Wildman–Crippen MR) is 94.9 cm³/mol. The van der Waals surface area contributed by atoms with Crippen LogP contribution < -0.4 is 5.32 Å². The molecule has 5 rings (SSSR count). The van der Waals surface area contributed by atoms with Gasteiger partial charge in [-0.25, -0.2) is 4.98 Å². The highest BCUT2D eigenvalue weighted by Crippen LogP contribution is 2.27. The number of hydrogen-bond acceptors (Lipinski definition) is 5. The summed E-state index contributed by atoms with van der Waals surface area (Å²) in [5, 5.41) is 3.78. The number of likely N-dealkylation sites (tertiary alicyclic amines) is 1. The Morgan fingerprint density at radius 3 is 2.88 bits per heavy atom. The van der Waals surface area contributed by atoms with Crippen LogP contribution in [0.2, 0.25) is 0 Å². The maximum Gasteiger partial charge on any atom is 0.270 e. The van der Waals surface area contributed by atoms with Gasteiger partial charge in [0.15, 0.2) is 5.58 Å². The Morgan fingerprint density at radius 2 is 2.12 bits per heavy atom. The number of aromatic nitrogens is 1. The molecule has 0 radical (unpaired) electrons. The maximum atomic E-state index is 12.7. The summed E-state index contributed by atoms with van der Waals surface area (Å²) in [5.41, 5.74) is 1.38. The van der Waals surface area contributed by atoms with E-state index in [1.165, 1.54) is 18.9 Å². The van der Waals surface area contributed by atoms with Crippen LogP contribution in [0.1, 0.15) is 40.1 Å². The molecular formula is C19H22N4O3. The molecule has 7 heteroatoms. The van der Waals surface area contributed by atoms with Gasteiger partial charge in [0, 0.05) is 37.6 Å². The van der Waals surface area contributed by atoms with Gasteiger partial charge in [0.1, 0.15) is 12.0 Å². The minimum absolute atomic E-state index is 0.0378. The number of hydrogen-bond donors (Lipinski definition) is 1. The van der Waals surface area contributed by atoms with E-state index in [-0.39, 0.29) is 17.9 Å². The first kappa shape index (κ1) is 15.8. The highest BCUT2D eigenvalue weighted by Gasteiger charge is 2.33. The number of rotatable bonds is 3. The van der Waals surface area contributed by atoms with Crippen LogP contribution in [0.3, 0.4) is 0 Å². The molecule has 26 heavy (non-hydrogen) atoms. The number of piperidine rings is 1. The second-order valence-electron chi connectivity index (χ2n) is 7.68. The van der Waals surface area contributed by atoms with E-state index < -0.39 is 0 Å². The summed E-state index contributed by atoms with van der Waals surface area (Å²) in [7, 11) is 0. The second kappa shape index (κ2) is 6.09. The summed E-state index contributed by atoms with van der Waals surface area (Å²) in [6, 6.07) is 1.85. The number of furan rings is 1. The molecule has 2 aromatic rings. The number of carbonyl (C=O) groups is 2. The fourth-order valence-electron chi connectivity index (χ4n) is 4.34. The molecule has 1 N–H and O–H groups in total. The Balaban J connectivity index is 1.36. The highest BCUT2D eigenvalue weighted by atomic mass is 16.3. The van der Waals surface area contributed by atoms with E-state index in [0.717, 1.165) is 45.6 Å². The molecule has 0 spiro atoms. The topological polar surface area (TPSA) is 78.7 Å². The quantitative estimate of drug-likeness (QED) is 0.904. The zero-order valence-corrected chi connectivity index (χ0v) is 14.6. The number of pyridine rings is 1. The monoisotopic (exact) mass is 354 g/mol. The fraction of sp³-hybridized carbons (Fsp3) is 0.526. The molecule has 3 atom stereocenters. The Morgan fingerprint density at radius 1 is 1.23 bits per heavy atom. The van der Waals surface area contributed by atoms with Gasteiger partial charge in [-0.3, -0.25) is 9.59 Å². The zero-order valence-electron chi connectivity index (χ0n) is 14.6. The maximum absolute atomic E-state index is 12.7. The van der Waals surface area contributed by atoms with Crippen molar-refractivity contribution in [3.8, 4) is 0 Å². The lowest BCUT2D eigenvalue weighted by Crippen LogP contribution is -2.47. The predicted octanol–water partition coefficient (Wildman–Crippen LogP) is 1.50. The summed E-state index contributed by atoms with van der Waals surface area (Å²) in [4.78, 5) is 33.6. The van der Waals surface area contributed by atoms with Crippen LogP contribution in [0.5, 0.6) is 0 Å². The summed E-state index contributed by atoms with van der Waals surface area (Å²) in [5.74, 6) is 0.478. The molecule has 0 aliphatic carbocycles. The largest absolute Gasteiger partial charge is 0.462 e. The van der Waals surface area contributed by atoms with E-state index in [0.29, 0.717) is 28.1 Å². The van der Waals surface area contributed by atoms with E-state index in [2.05, 4.69) is 15.2 Å². The average molecular weight is 354 g/mol. The van der Waals surface area contributed by atoms with Crippen molar-refractivity contribution in [1.82, 2.24) is 20.1 Å². The first-order valence-corrected chi connectivity index (χ1v) is 9.37. The SMILES string of the molecule is O=C(N[C@@H]1C[C@H]2CCN(C2)C1)c1cc2c(C(=O)N3CCC3)coc2cn1. The van der Waals surface area contributed by atoms with Gasteiger partial charge in [0.25, 0.3) is 11.8 Å². The summed E-state index contributed by atoms with van der Waals surface area (Å²) in [6.07, 6.45) is 6.31. The third-order valence-electron chi connectivity index (χ3n) is 5.87. The molecule has 0 saturated carbocycles. The lowest BCUT2D eigenvalue weighted by Gasteiger charge is -2.30. The van der Waals surface area contributed by atoms with Crippen LogP contribution in [-0.2, 0) is 0 Å². The molecule has 2 amide bonds. The smallest absolute Gasteiger partial charge is 0.270 e. The molecule has 136 valence electrons. The number of amides is 2. The van der Waals surface area contributed by atoms with Crippen molar-refractivity contribution in [1.29, 1.82) is 0 Å². The Kier molecular flexibility index (Phi) is 3.70. The second-order valence-corrected chi connectivity index (χ2v) is 7.68. The molecule has 5 heterocycles. The Labute approximate surface area is 151 Å². The van der Waals surface area contributed by atoms with E-state index in [1.54, 1.807) is 11.0 Å². The first-order valence-electron chi connectivity index (χ1n) is 9.37. The van der Waals surface area contributed by atoms with Gasteiger partial charge in [-0.1, -0.05) is 0 Å². The van der Waals surface area contributed by atoms with Crippen LogP contribution in [0, 0.1) is 5.92 Å². The number of fused-ring (bicyclic) bond motifs is 3. The minimum atomic E-state index is -0.178. The van der Waals surface area contributed by atoms with Gasteiger partial charge in [-0.05, 0) is 37.8 Å². The molecule has 3 aliphatic heterocycles. The summed E-state index contributed by atoms with van der Waals surface area (Å²) >= 11 is 0. The average Bonchev–Trinajstić information content (AvgIpc) is 3.15. The van der Waals surface area contributed by atoms with E-state index in [9.17, 15) is 9.59 Å². The fourth-order valence-corrected chi connectivity index (χ4v) is 4.34. The number of carbonyl (C=O) groups excluding carboxylic acids is 2. The molecule has 2 aromatic heterocycles.